The Hall–Kier alpha value is -2.75. The van der Waals surface area contributed by atoms with Crippen molar-refractivity contribution >= 4 is 47.0 Å². The van der Waals surface area contributed by atoms with E-state index in [1.54, 1.807) is 48.5 Å². The van der Waals surface area contributed by atoms with Gasteiger partial charge in [0, 0.05) is 16.0 Å². The molecule has 26 heavy (non-hydrogen) atoms. The summed E-state index contributed by atoms with van der Waals surface area (Å²) in [6.45, 7) is -0.407. The first-order valence-corrected chi connectivity index (χ1v) is 8.94. The van der Waals surface area contributed by atoms with Gasteiger partial charge >= 0.3 is 5.97 Å². The van der Waals surface area contributed by atoms with E-state index < -0.39 is 18.5 Å². The second-order valence-corrected chi connectivity index (χ2v) is 6.44. The lowest BCUT2D eigenvalue weighted by molar-refractivity contribution is -0.142. The number of halogens is 1. The maximum absolute atomic E-state index is 12.0. The van der Waals surface area contributed by atoms with Crippen molar-refractivity contribution in [3.05, 3.63) is 65.2 Å². The molecule has 0 fully saturated rings. The fraction of sp³-hybridized carbons (Fsp3) is 0.105. The van der Waals surface area contributed by atoms with E-state index in [-0.39, 0.29) is 5.75 Å². The molecule has 0 aliphatic heterocycles. The van der Waals surface area contributed by atoms with Gasteiger partial charge in [-0.2, -0.15) is 5.26 Å². The number of rotatable bonds is 7. The third kappa shape index (κ3) is 6.63. The Morgan fingerprint density at radius 2 is 2.04 bits per heavy atom. The predicted molar refractivity (Wildman–Crippen MR) is 103 cm³/mol. The van der Waals surface area contributed by atoms with Crippen molar-refractivity contribution in [3.8, 4) is 6.07 Å². The molecule has 0 saturated heterocycles. The van der Waals surface area contributed by atoms with Crippen LogP contribution >= 0.6 is 23.4 Å². The summed E-state index contributed by atoms with van der Waals surface area (Å²) in [6, 6.07) is 16.1. The molecule has 2 aromatic rings. The zero-order valence-electron chi connectivity index (χ0n) is 13.6. The first-order valence-electron chi connectivity index (χ1n) is 7.57. The number of esters is 1. The lowest BCUT2D eigenvalue weighted by Crippen LogP contribution is -2.20. The van der Waals surface area contributed by atoms with Gasteiger partial charge in [-0.25, -0.2) is 4.79 Å². The van der Waals surface area contributed by atoms with Crippen LogP contribution in [0.2, 0.25) is 5.02 Å². The molecule has 0 unspecified atom stereocenters. The van der Waals surface area contributed by atoms with Gasteiger partial charge in [-0.3, -0.25) is 4.79 Å². The minimum atomic E-state index is -0.632. The summed E-state index contributed by atoms with van der Waals surface area (Å²) in [7, 11) is 0. The Labute approximate surface area is 160 Å². The van der Waals surface area contributed by atoms with E-state index in [0.717, 1.165) is 10.5 Å². The molecule has 0 heterocycles. The number of nitrogens with one attached hydrogen (secondary N) is 1. The van der Waals surface area contributed by atoms with Crippen molar-refractivity contribution in [2.45, 2.75) is 4.90 Å². The Bertz CT molecular complexity index is 862. The number of hydrogen-bond donors (Lipinski definition) is 1. The van der Waals surface area contributed by atoms with E-state index in [9.17, 15) is 9.59 Å². The van der Waals surface area contributed by atoms with Crippen LogP contribution in [0.4, 0.5) is 5.69 Å². The number of nitriles is 1. The number of anilines is 1. The van der Waals surface area contributed by atoms with Crippen molar-refractivity contribution in [2.24, 2.45) is 0 Å². The van der Waals surface area contributed by atoms with E-state index >= 15 is 0 Å². The monoisotopic (exact) mass is 386 g/mol. The molecule has 5 nitrogen and oxygen atoms in total. The Balaban J connectivity index is 1.85. The minimum Gasteiger partial charge on any atom is -0.452 e. The van der Waals surface area contributed by atoms with Gasteiger partial charge in [0.15, 0.2) is 6.61 Å². The number of benzene rings is 2. The van der Waals surface area contributed by atoms with Crippen molar-refractivity contribution in [3.63, 3.8) is 0 Å². The quantitative estimate of drug-likeness (QED) is 0.439. The molecule has 132 valence electrons. The van der Waals surface area contributed by atoms with Crippen molar-refractivity contribution in [1.82, 2.24) is 0 Å². The first-order chi connectivity index (χ1) is 12.6. The van der Waals surface area contributed by atoms with E-state index in [0.29, 0.717) is 10.7 Å². The summed E-state index contributed by atoms with van der Waals surface area (Å²) in [4.78, 5) is 24.4. The van der Waals surface area contributed by atoms with Crippen LogP contribution in [-0.4, -0.2) is 24.2 Å². The molecule has 0 saturated carbocycles. The number of thioether (sulfide) groups is 1. The Morgan fingerprint density at radius 3 is 2.81 bits per heavy atom. The third-order valence-corrected chi connectivity index (χ3v) is 4.23. The molecule has 0 radical (unpaired) electrons. The van der Waals surface area contributed by atoms with Crippen LogP contribution < -0.4 is 5.32 Å². The number of nitrogens with zero attached hydrogens (tertiary/aromatic N) is 1. The van der Waals surface area contributed by atoms with Gasteiger partial charge in [0.2, 0.25) is 0 Å². The van der Waals surface area contributed by atoms with Gasteiger partial charge in [-0.05, 0) is 35.9 Å². The molecule has 1 amide bonds. The van der Waals surface area contributed by atoms with Crippen molar-refractivity contribution < 1.29 is 14.3 Å². The molecule has 7 heteroatoms. The van der Waals surface area contributed by atoms with E-state index in [1.807, 2.05) is 12.1 Å². The summed E-state index contributed by atoms with van der Waals surface area (Å²) in [6.07, 6.45) is 2.79. The summed E-state index contributed by atoms with van der Waals surface area (Å²) in [5.74, 6) is -0.817. The highest BCUT2D eigenvalue weighted by molar-refractivity contribution is 7.99. The normalized spacial score (nSPS) is 10.3. The van der Waals surface area contributed by atoms with Crippen LogP contribution in [0, 0.1) is 11.3 Å². The van der Waals surface area contributed by atoms with Gasteiger partial charge in [0.1, 0.15) is 0 Å². The second kappa shape index (κ2) is 10.3. The van der Waals surface area contributed by atoms with Crippen LogP contribution in [0.3, 0.4) is 0 Å². The number of carbonyl (C=O) groups excluding carboxylic acids is 2. The van der Waals surface area contributed by atoms with Crippen molar-refractivity contribution in [2.75, 3.05) is 17.7 Å². The van der Waals surface area contributed by atoms with Crippen LogP contribution in [0.5, 0.6) is 0 Å². The van der Waals surface area contributed by atoms with E-state index in [2.05, 4.69) is 5.32 Å². The third-order valence-electron chi connectivity index (χ3n) is 3.06. The van der Waals surface area contributed by atoms with Crippen LogP contribution in [0.25, 0.3) is 6.08 Å². The second-order valence-electron chi connectivity index (χ2n) is 4.99. The number of carbonyl (C=O) groups is 2. The Kier molecular flexibility index (Phi) is 7.75. The summed E-state index contributed by atoms with van der Waals surface area (Å²) < 4.78 is 4.92. The zero-order valence-corrected chi connectivity index (χ0v) is 15.2. The number of para-hydroxylation sites is 1. The number of ether oxygens (including phenoxy) is 1. The molecule has 0 aromatic heterocycles. The molecule has 0 bridgehead atoms. The molecular weight excluding hydrogens is 372 g/mol. The fourth-order valence-electron chi connectivity index (χ4n) is 1.95. The average molecular weight is 387 g/mol. The molecule has 0 atom stereocenters. The molecule has 0 aliphatic rings. The number of hydrogen-bond acceptors (Lipinski definition) is 5. The Morgan fingerprint density at radius 1 is 1.23 bits per heavy atom. The molecule has 0 spiro atoms. The van der Waals surface area contributed by atoms with Gasteiger partial charge in [0.25, 0.3) is 5.91 Å². The molecule has 2 rings (SSSR count). The van der Waals surface area contributed by atoms with Gasteiger partial charge < -0.3 is 10.1 Å². The number of amides is 1. The van der Waals surface area contributed by atoms with Gasteiger partial charge in [-0.1, -0.05) is 35.9 Å². The summed E-state index contributed by atoms with van der Waals surface area (Å²) in [5, 5.41) is 11.9. The van der Waals surface area contributed by atoms with Crippen molar-refractivity contribution in [1.29, 1.82) is 5.26 Å². The molecule has 1 N–H and O–H groups in total. The molecule has 2 aromatic carbocycles. The standard InChI is InChI=1S/C19H15ClN2O3S/c20-15-5-3-4-14(12-15)8-9-19(24)25-13-18(23)22-16-6-1-2-7-17(16)26-11-10-21/h1-9,12H,11,13H2,(H,22,23)/b9-8+. The van der Waals surface area contributed by atoms with Crippen LogP contribution in [0.1, 0.15) is 5.56 Å². The highest BCUT2D eigenvalue weighted by Gasteiger charge is 2.09. The topological polar surface area (TPSA) is 79.2 Å². The fourth-order valence-corrected chi connectivity index (χ4v) is 2.82. The van der Waals surface area contributed by atoms with Crippen LogP contribution in [0.15, 0.2) is 59.5 Å². The van der Waals surface area contributed by atoms with E-state index in [1.165, 1.54) is 17.8 Å². The largest absolute Gasteiger partial charge is 0.452 e. The smallest absolute Gasteiger partial charge is 0.331 e. The summed E-state index contributed by atoms with van der Waals surface area (Å²) >= 11 is 7.18. The lowest BCUT2D eigenvalue weighted by Gasteiger charge is -2.09. The van der Waals surface area contributed by atoms with Gasteiger partial charge in [-0.15, -0.1) is 11.8 Å². The maximum atomic E-state index is 12.0. The van der Waals surface area contributed by atoms with E-state index in [4.69, 9.17) is 21.6 Å². The summed E-state index contributed by atoms with van der Waals surface area (Å²) in [5.41, 5.74) is 1.32. The average Bonchev–Trinajstić information content (AvgIpc) is 2.64. The predicted octanol–water partition coefficient (Wildman–Crippen LogP) is 4.15. The SMILES string of the molecule is N#CCSc1ccccc1NC(=O)COC(=O)/C=C/c1cccc(Cl)c1. The first kappa shape index (κ1) is 19.6. The van der Waals surface area contributed by atoms with Crippen LogP contribution in [-0.2, 0) is 14.3 Å². The van der Waals surface area contributed by atoms with Gasteiger partial charge in [0.05, 0.1) is 17.5 Å². The highest BCUT2D eigenvalue weighted by atomic mass is 35.5. The molecular formula is C19H15ClN2O3S. The molecule has 0 aliphatic carbocycles. The maximum Gasteiger partial charge on any atom is 0.331 e. The minimum absolute atomic E-state index is 0.274. The highest BCUT2D eigenvalue weighted by Crippen LogP contribution is 2.26. The lowest BCUT2D eigenvalue weighted by atomic mass is 10.2. The zero-order chi connectivity index (χ0) is 18.8.